The van der Waals surface area contributed by atoms with Gasteiger partial charge in [-0.2, -0.15) is 0 Å². The van der Waals surface area contributed by atoms with Crippen LogP contribution >= 0.6 is 0 Å². The minimum Gasteiger partial charge on any atom is -0.343 e. The normalized spacial score (nSPS) is 9.50. The first-order valence-electron chi connectivity index (χ1n) is 3.62. The van der Waals surface area contributed by atoms with Gasteiger partial charge in [0.25, 0.3) is 0 Å². The van der Waals surface area contributed by atoms with Crippen molar-refractivity contribution < 1.29 is 9.90 Å². The summed E-state index contributed by atoms with van der Waals surface area (Å²) in [4.78, 5) is 12.6. The fourth-order valence-corrected chi connectivity index (χ4v) is 0.822. The molecule has 0 aliphatic rings. The van der Waals surface area contributed by atoms with E-state index in [1.165, 1.54) is 0 Å². The molecule has 0 aliphatic heterocycles. The SMILES string of the molecule is CCN(CC)C(=O)CC[O]. The van der Waals surface area contributed by atoms with E-state index in [0.29, 0.717) is 13.1 Å². The summed E-state index contributed by atoms with van der Waals surface area (Å²) in [6, 6.07) is 0. The lowest BCUT2D eigenvalue weighted by Gasteiger charge is -2.17. The van der Waals surface area contributed by atoms with Crippen LogP contribution in [0.2, 0.25) is 0 Å². The van der Waals surface area contributed by atoms with Gasteiger partial charge >= 0.3 is 0 Å². The Morgan fingerprint density at radius 2 is 1.80 bits per heavy atom. The van der Waals surface area contributed by atoms with E-state index < -0.39 is 0 Å². The largest absolute Gasteiger partial charge is 0.343 e. The molecule has 3 nitrogen and oxygen atoms in total. The Balaban J connectivity index is 3.65. The molecular formula is C7H14NO2. The molecule has 0 N–H and O–H groups in total. The highest BCUT2D eigenvalue weighted by Crippen LogP contribution is 1.91. The lowest BCUT2D eigenvalue weighted by Crippen LogP contribution is -2.30. The standard InChI is InChI=1S/C7H14NO2/c1-3-8(4-2)7(10)5-6-9/h3-6H2,1-2H3. The minimum atomic E-state index is -0.296. The summed E-state index contributed by atoms with van der Waals surface area (Å²) in [6.07, 6.45) is 0.141. The van der Waals surface area contributed by atoms with Gasteiger partial charge in [-0.1, -0.05) is 0 Å². The summed E-state index contributed by atoms with van der Waals surface area (Å²) in [6.45, 7) is 4.93. The predicted octanol–water partition coefficient (Wildman–Crippen LogP) is 0.675. The number of hydrogen-bond acceptors (Lipinski definition) is 1. The predicted molar refractivity (Wildman–Crippen MR) is 38.1 cm³/mol. The van der Waals surface area contributed by atoms with Crippen molar-refractivity contribution in [2.24, 2.45) is 0 Å². The van der Waals surface area contributed by atoms with E-state index in [2.05, 4.69) is 0 Å². The third-order valence-corrected chi connectivity index (χ3v) is 1.43. The van der Waals surface area contributed by atoms with Crippen LogP contribution in [0.15, 0.2) is 0 Å². The molecule has 0 fully saturated rings. The first kappa shape index (κ1) is 9.43. The van der Waals surface area contributed by atoms with Crippen molar-refractivity contribution in [3.63, 3.8) is 0 Å². The van der Waals surface area contributed by atoms with E-state index in [4.69, 9.17) is 0 Å². The maximum absolute atomic E-state index is 10.9. The van der Waals surface area contributed by atoms with Crippen molar-refractivity contribution >= 4 is 5.91 Å². The van der Waals surface area contributed by atoms with Gasteiger partial charge in [-0.25, -0.2) is 5.11 Å². The van der Waals surface area contributed by atoms with Gasteiger partial charge in [0.05, 0.1) is 13.0 Å². The van der Waals surface area contributed by atoms with Crippen molar-refractivity contribution in [3.05, 3.63) is 0 Å². The van der Waals surface area contributed by atoms with Crippen LogP contribution in [0.3, 0.4) is 0 Å². The average molecular weight is 144 g/mol. The summed E-state index contributed by atoms with van der Waals surface area (Å²) >= 11 is 0. The third-order valence-electron chi connectivity index (χ3n) is 1.43. The number of hydrogen-bond donors (Lipinski definition) is 0. The molecule has 0 rings (SSSR count). The molecule has 0 aromatic carbocycles. The van der Waals surface area contributed by atoms with Crippen molar-refractivity contribution in [1.29, 1.82) is 0 Å². The molecule has 10 heavy (non-hydrogen) atoms. The zero-order chi connectivity index (χ0) is 7.98. The Labute approximate surface area is 61.6 Å². The third kappa shape index (κ3) is 2.82. The van der Waals surface area contributed by atoms with Gasteiger partial charge in [0.15, 0.2) is 0 Å². The van der Waals surface area contributed by atoms with E-state index in [1.807, 2.05) is 13.8 Å². The van der Waals surface area contributed by atoms with Crippen LogP contribution in [0.4, 0.5) is 0 Å². The molecular weight excluding hydrogens is 130 g/mol. The minimum absolute atomic E-state index is 0.0278. The second-order valence-corrected chi connectivity index (χ2v) is 2.02. The second-order valence-electron chi connectivity index (χ2n) is 2.02. The van der Waals surface area contributed by atoms with Crippen molar-refractivity contribution in [3.8, 4) is 0 Å². The molecule has 0 atom stereocenters. The summed E-state index contributed by atoms with van der Waals surface area (Å²) in [5.41, 5.74) is 0. The molecule has 0 unspecified atom stereocenters. The monoisotopic (exact) mass is 144 g/mol. The van der Waals surface area contributed by atoms with Gasteiger partial charge in [0.1, 0.15) is 0 Å². The molecule has 0 bridgehead atoms. The van der Waals surface area contributed by atoms with E-state index in [0.717, 1.165) is 0 Å². The summed E-state index contributed by atoms with van der Waals surface area (Å²) in [5.74, 6) is -0.0278. The van der Waals surface area contributed by atoms with Gasteiger partial charge in [-0.05, 0) is 13.8 Å². The second kappa shape index (κ2) is 5.23. The van der Waals surface area contributed by atoms with Crippen LogP contribution in [0.5, 0.6) is 0 Å². The Bertz CT molecular complexity index is 99.8. The van der Waals surface area contributed by atoms with Crippen molar-refractivity contribution in [2.45, 2.75) is 20.3 Å². The zero-order valence-electron chi connectivity index (χ0n) is 6.59. The molecule has 3 heteroatoms. The van der Waals surface area contributed by atoms with Gasteiger partial charge in [0, 0.05) is 13.1 Å². The molecule has 0 aromatic heterocycles. The summed E-state index contributed by atoms with van der Waals surface area (Å²) in [7, 11) is 0. The van der Waals surface area contributed by atoms with E-state index in [1.54, 1.807) is 4.90 Å². The summed E-state index contributed by atoms with van der Waals surface area (Å²) < 4.78 is 0. The molecule has 0 heterocycles. The average Bonchev–Trinajstić information content (AvgIpc) is 1.91. The Morgan fingerprint density at radius 3 is 2.10 bits per heavy atom. The first-order chi connectivity index (χ1) is 4.76. The first-order valence-corrected chi connectivity index (χ1v) is 3.62. The van der Waals surface area contributed by atoms with Crippen LogP contribution in [0.1, 0.15) is 20.3 Å². The Morgan fingerprint density at radius 1 is 1.30 bits per heavy atom. The van der Waals surface area contributed by atoms with Gasteiger partial charge < -0.3 is 4.90 Å². The van der Waals surface area contributed by atoms with E-state index in [9.17, 15) is 9.90 Å². The molecule has 1 radical (unpaired) electrons. The quantitative estimate of drug-likeness (QED) is 0.571. The maximum atomic E-state index is 10.9. The maximum Gasteiger partial charge on any atom is 0.224 e. The molecule has 0 saturated carbocycles. The van der Waals surface area contributed by atoms with Crippen LogP contribution in [-0.4, -0.2) is 30.5 Å². The van der Waals surface area contributed by atoms with Gasteiger partial charge in [-0.3, -0.25) is 4.79 Å². The molecule has 1 amide bonds. The highest BCUT2D eigenvalue weighted by atomic mass is 16.3. The van der Waals surface area contributed by atoms with E-state index in [-0.39, 0.29) is 18.9 Å². The highest BCUT2D eigenvalue weighted by molar-refractivity contribution is 5.76. The lowest BCUT2D eigenvalue weighted by atomic mass is 10.3. The number of rotatable bonds is 4. The molecule has 0 spiro atoms. The smallest absolute Gasteiger partial charge is 0.224 e. The Hall–Kier alpha value is -0.570. The van der Waals surface area contributed by atoms with Crippen LogP contribution in [0, 0.1) is 0 Å². The van der Waals surface area contributed by atoms with Crippen LogP contribution < -0.4 is 0 Å². The van der Waals surface area contributed by atoms with Crippen LogP contribution in [0.25, 0.3) is 0 Å². The van der Waals surface area contributed by atoms with Crippen LogP contribution in [-0.2, 0) is 9.90 Å². The van der Waals surface area contributed by atoms with Crippen molar-refractivity contribution in [2.75, 3.05) is 19.7 Å². The van der Waals surface area contributed by atoms with Gasteiger partial charge in [-0.15, -0.1) is 0 Å². The number of carbonyl (C=O) groups excluding carboxylic acids is 1. The molecule has 0 aliphatic carbocycles. The van der Waals surface area contributed by atoms with Gasteiger partial charge in [0.2, 0.25) is 5.91 Å². The van der Waals surface area contributed by atoms with E-state index >= 15 is 0 Å². The molecule has 0 saturated heterocycles. The number of carbonyl (C=O) groups is 1. The molecule has 0 aromatic rings. The highest BCUT2D eigenvalue weighted by Gasteiger charge is 2.07. The number of amides is 1. The fourth-order valence-electron chi connectivity index (χ4n) is 0.822. The van der Waals surface area contributed by atoms with Crippen molar-refractivity contribution in [1.82, 2.24) is 4.90 Å². The zero-order valence-corrected chi connectivity index (χ0v) is 6.59. The number of nitrogens with zero attached hydrogens (tertiary/aromatic N) is 1. The Kier molecular flexibility index (Phi) is 4.94. The molecule has 59 valence electrons. The lowest BCUT2D eigenvalue weighted by molar-refractivity contribution is -0.131. The fraction of sp³-hybridized carbons (Fsp3) is 0.857. The topological polar surface area (TPSA) is 40.2 Å². The summed E-state index contributed by atoms with van der Waals surface area (Å²) in [5, 5.41) is 10.0.